The van der Waals surface area contributed by atoms with Gasteiger partial charge in [-0.05, 0) is 48.4 Å². The summed E-state index contributed by atoms with van der Waals surface area (Å²) < 4.78 is 4.64. The Morgan fingerprint density at radius 2 is 1.95 bits per heavy atom. The van der Waals surface area contributed by atoms with Crippen LogP contribution in [0, 0.1) is 18.3 Å². The number of hydrogen-bond donors (Lipinski definition) is 0. The van der Waals surface area contributed by atoms with Crippen molar-refractivity contribution in [3.63, 3.8) is 0 Å². The van der Waals surface area contributed by atoms with Gasteiger partial charge in [-0.15, -0.1) is 0 Å². The van der Waals surface area contributed by atoms with Crippen LogP contribution in [-0.4, -0.2) is 19.3 Å². The second-order valence-electron chi connectivity index (χ2n) is 4.48. The molecule has 21 heavy (non-hydrogen) atoms. The first kappa shape index (κ1) is 14.5. The molecule has 0 aromatic heterocycles. The maximum Gasteiger partial charge on any atom is 0.337 e. The number of aryl methyl sites for hydroxylation is 1. The summed E-state index contributed by atoms with van der Waals surface area (Å²) in [6, 6.07) is 14.4. The van der Waals surface area contributed by atoms with Gasteiger partial charge in [0.25, 0.3) is 0 Å². The Kier molecular flexibility index (Phi) is 4.47. The van der Waals surface area contributed by atoms with E-state index in [-0.39, 0.29) is 5.97 Å². The van der Waals surface area contributed by atoms with Gasteiger partial charge in [0.1, 0.15) is 0 Å². The zero-order chi connectivity index (χ0) is 15.2. The number of rotatable bonds is 3. The smallest absolute Gasteiger partial charge is 0.337 e. The van der Waals surface area contributed by atoms with E-state index in [2.05, 4.69) is 15.8 Å². The highest BCUT2D eigenvalue weighted by molar-refractivity contribution is 5.91. The summed E-state index contributed by atoms with van der Waals surface area (Å²) in [4.78, 5) is 15.7. The number of nitrogens with zero attached hydrogens (tertiary/aromatic N) is 2. The maximum atomic E-state index is 11.3. The predicted molar refractivity (Wildman–Crippen MR) is 80.9 cm³/mol. The van der Waals surface area contributed by atoms with Gasteiger partial charge in [0, 0.05) is 6.21 Å². The molecule has 2 rings (SSSR count). The van der Waals surface area contributed by atoms with Gasteiger partial charge < -0.3 is 4.74 Å². The topological polar surface area (TPSA) is 62.4 Å². The van der Waals surface area contributed by atoms with Crippen LogP contribution in [0.2, 0.25) is 0 Å². The highest BCUT2D eigenvalue weighted by Gasteiger charge is 2.03. The van der Waals surface area contributed by atoms with E-state index in [0.29, 0.717) is 11.1 Å². The number of aliphatic imine (C=N–C) groups is 1. The molecule has 2 aromatic carbocycles. The Balaban J connectivity index is 2.18. The minimum absolute atomic E-state index is 0.360. The number of hydrogen-bond acceptors (Lipinski definition) is 4. The maximum absolute atomic E-state index is 11.3. The van der Waals surface area contributed by atoms with Crippen molar-refractivity contribution in [1.29, 1.82) is 5.26 Å². The number of carbonyl (C=O) groups is 1. The van der Waals surface area contributed by atoms with Crippen molar-refractivity contribution in [2.45, 2.75) is 6.92 Å². The van der Waals surface area contributed by atoms with Crippen LogP contribution >= 0.6 is 0 Å². The molecule has 0 heterocycles. The lowest BCUT2D eigenvalue weighted by atomic mass is 10.1. The lowest BCUT2D eigenvalue weighted by Crippen LogP contribution is -2.00. The highest BCUT2D eigenvalue weighted by atomic mass is 16.5. The van der Waals surface area contributed by atoms with Crippen LogP contribution < -0.4 is 0 Å². The summed E-state index contributed by atoms with van der Waals surface area (Å²) in [5.41, 5.74) is 3.76. The van der Waals surface area contributed by atoms with Gasteiger partial charge in [0.15, 0.2) is 0 Å². The molecule has 104 valence electrons. The fourth-order valence-electron chi connectivity index (χ4n) is 1.84. The van der Waals surface area contributed by atoms with Crippen molar-refractivity contribution in [3.8, 4) is 6.07 Å². The van der Waals surface area contributed by atoms with E-state index in [0.717, 1.165) is 16.8 Å². The summed E-state index contributed by atoms with van der Waals surface area (Å²) >= 11 is 0. The normalized spacial score (nSPS) is 10.3. The summed E-state index contributed by atoms with van der Waals surface area (Å²) in [5, 5.41) is 8.83. The van der Waals surface area contributed by atoms with Crippen molar-refractivity contribution in [3.05, 3.63) is 64.7 Å². The largest absolute Gasteiger partial charge is 0.465 e. The van der Waals surface area contributed by atoms with Crippen LogP contribution in [0.4, 0.5) is 5.69 Å². The first-order valence-corrected chi connectivity index (χ1v) is 6.37. The molecule has 0 amide bonds. The molecule has 0 aliphatic heterocycles. The number of benzene rings is 2. The second kappa shape index (κ2) is 6.49. The molecule has 0 spiro atoms. The second-order valence-corrected chi connectivity index (χ2v) is 4.48. The molecular formula is C17H14N2O2. The van der Waals surface area contributed by atoms with Crippen LogP contribution in [0.3, 0.4) is 0 Å². The molecule has 0 N–H and O–H groups in total. The molecule has 0 radical (unpaired) electrons. The standard InChI is InChI=1S/C17H14N2O2/c1-12-9-14(10-18)5-8-16(12)19-11-13-3-6-15(7-4-13)17(20)21-2/h3-9,11H,1-2H3. The summed E-state index contributed by atoms with van der Waals surface area (Å²) in [6.07, 6.45) is 1.72. The third kappa shape index (κ3) is 3.54. The summed E-state index contributed by atoms with van der Waals surface area (Å²) in [5.74, 6) is -0.360. The molecule has 2 aromatic rings. The molecule has 0 bridgehead atoms. The molecule has 4 heteroatoms. The van der Waals surface area contributed by atoms with E-state index in [9.17, 15) is 4.79 Å². The quantitative estimate of drug-likeness (QED) is 0.638. The number of methoxy groups -OCH3 is 1. The highest BCUT2D eigenvalue weighted by Crippen LogP contribution is 2.19. The van der Waals surface area contributed by atoms with Crippen molar-refractivity contribution in [2.75, 3.05) is 7.11 Å². The van der Waals surface area contributed by atoms with Crippen molar-refractivity contribution in [2.24, 2.45) is 4.99 Å². The Morgan fingerprint density at radius 1 is 1.24 bits per heavy atom. The molecule has 4 nitrogen and oxygen atoms in total. The Morgan fingerprint density at radius 3 is 2.52 bits per heavy atom. The van der Waals surface area contributed by atoms with Crippen LogP contribution in [0.25, 0.3) is 0 Å². The van der Waals surface area contributed by atoms with Crippen molar-refractivity contribution >= 4 is 17.9 Å². The van der Waals surface area contributed by atoms with Gasteiger partial charge in [-0.25, -0.2) is 4.79 Å². The average molecular weight is 278 g/mol. The van der Waals surface area contributed by atoms with Crippen LogP contribution in [-0.2, 0) is 4.74 Å². The SMILES string of the molecule is COC(=O)c1ccc(C=Nc2ccc(C#N)cc2C)cc1. The van der Waals surface area contributed by atoms with E-state index in [1.54, 1.807) is 42.6 Å². The van der Waals surface area contributed by atoms with Crippen LogP contribution in [0.5, 0.6) is 0 Å². The minimum atomic E-state index is -0.360. The zero-order valence-corrected chi connectivity index (χ0v) is 11.8. The molecular weight excluding hydrogens is 264 g/mol. The fraction of sp³-hybridized carbons (Fsp3) is 0.118. The van der Waals surface area contributed by atoms with Crippen molar-refractivity contribution < 1.29 is 9.53 Å². The molecule has 0 saturated carbocycles. The molecule has 0 saturated heterocycles. The first-order valence-electron chi connectivity index (χ1n) is 6.37. The van der Waals surface area contributed by atoms with E-state index in [4.69, 9.17) is 5.26 Å². The lowest BCUT2D eigenvalue weighted by molar-refractivity contribution is 0.0600. The van der Waals surface area contributed by atoms with E-state index < -0.39 is 0 Å². The number of esters is 1. The summed E-state index contributed by atoms with van der Waals surface area (Å²) in [7, 11) is 1.35. The van der Waals surface area contributed by atoms with E-state index in [1.165, 1.54) is 7.11 Å². The van der Waals surface area contributed by atoms with Gasteiger partial charge in [0.05, 0.1) is 30.0 Å². The molecule has 0 atom stereocenters. The lowest BCUT2D eigenvalue weighted by Gasteiger charge is -2.01. The average Bonchev–Trinajstić information content (AvgIpc) is 2.53. The van der Waals surface area contributed by atoms with Crippen LogP contribution in [0.15, 0.2) is 47.5 Å². The number of carbonyl (C=O) groups excluding carboxylic acids is 1. The predicted octanol–water partition coefficient (Wildman–Crippen LogP) is 3.40. The van der Waals surface area contributed by atoms with E-state index in [1.807, 2.05) is 13.0 Å². The van der Waals surface area contributed by atoms with Gasteiger partial charge in [0.2, 0.25) is 0 Å². The van der Waals surface area contributed by atoms with Gasteiger partial charge in [-0.1, -0.05) is 12.1 Å². The molecule has 0 aliphatic carbocycles. The van der Waals surface area contributed by atoms with Gasteiger partial charge >= 0.3 is 5.97 Å². The van der Waals surface area contributed by atoms with E-state index >= 15 is 0 Å². The Hall–Kier alpha value is -2.93. The molecule has 0 aliphatic rings. The third-order valence-electron chi connectivity index (χ3n) is 3.01. The Bertz CT molecular complexity index is 725. The van der Waals surface area contributed by atoms with Crippen molar-refractivity contribution in [1.82, 2.24) is 0 Å². The molecule has 0 unspecified atom stereocenters. The third-order valence-corrected chi connectivity index (χ3v) is 3.01. The minimum Gasteiger partial charge on any atom is -0.465 e. The van der Waals surface area contributed by atoms with Gasteiger partial charge in [-0.3, -0.25) is 4.99 Å². The van der Waals surface area contributed by atoms with Gasteiger partial charge in [-0.2, -0.15) is 5.26 Å². The first-order chi connectivity index (χ1) is 10.1. The zero-order valence-electron chi connectivity index (χ0n) is 11.8. The number of ether oxygens (including phenoxy) is 1. The monoisotopic (exact) mass is 278 g/mol. The summed E-state index contributed by atoms with van der Waals surface area (Å²) in [6.45, 7) is 1.91. The Labute approximate surface area is 123 Å². The number of nitriles is 1. The molecule has 0 fully saturated rings. The fourth-order valence-corrected chi connectivity index (χ4v) is 1.84. The van der Waals surface area contributed by atoms with Crippen LogP contribution in [0.1, 0.15) is 27.0 Å².